The second-order valence-corrected chi connectivity index (χ2v) is 4.59. The smallest absolute Gasteiger partial charge is 0.0344 e. The van der Waals surface area contributed by atoms with Crippen LogP contribution in [-0.2, 0) is 6.42 Å². The van der Waals surface area contributed by atoms with Crippen molar-refractivity contribution in [3.63, 3.8) is 0 Å². The zero-order valence-corrected chi connectivity index (χ0v) is 9.13. The molecule has 0 spiro atoms. The van der Waals surface area contributed by atoms with Crippen molar-refractivity contribution in [2.75, 3.05) is 0 Å². The first-order chi connectivity index (χ1) is 5.11. The van der Waals surface area contributed by atoms with Crippen LogP contribution >= 0.6 is 27.3 Å². The second-order valence-electron chi connectivity index (χ2n) is 2.84. The summed E-state index contributed by atoms with van der Waals surface area (Å²) in [4.78, 5) is 1.36. The molecule has 2 N–H and O–H groups in total. The van der Waals surface area contributed by atoms with Gasteiger partial charge in [-0.25, -0.2) is 0 Å². The summed E-state index contributed by atoms with van der Waals surface area (Å²) >= 11 is 5.31. The van der Waals surface area contributed by atoms with Gasteiger partial charge in [-0.05, 0) is 47.1 Å². The van der Waals surface area contributed by atoms with Crippen LogP contribution in [0.3, 0.4) is 0 Å². The first kappa shape index (κ1) is 9.23. The topological polar surface area (TPSA) is 26.0 Å². The maximum atomic E-state index is 5.69. The molecular formula is C8H12BrNS. The number of nitrogens with two attached hydrogens (primary N) is 1. The standard InChI is InChI=1S/C8H12BrNS/c1-5-4-11-7(8(5)9)3-6(2)10/h4,6H,3,10H2,1-2H3/t6-/m1/s1. The predicted octanol–water partition coefficient (Wildman–Crippen LogP) is 2.71. The number of hydrogen-bond acceptors (Lipinski definition) is 2. The Hall–Kier alpha value is 0.140. The van der Waals surface area contributed by atoms with E-state index in [-0.39, 0.29) is 6.04 Å². The van der Waals surface area contributed by atoms with Gasteiger partial charge in [0, 0.05) is 15.4 Å². The predicted molar refractivity (Wildman–Crippen MR) is 54.1 cm³/mol. The van der Waals surface area contributed by atoms with Gasteiger partial charge in [0.05, 0.1) is 0 Å². The van der Waals surface area contributed by atoms with Gasteiger partial charge in [0.25, 0.3) is 0 Å². The van der Waals surface area contributed by atoms with Crippen molar-refractivity contribution >= 4 is 27.3 Å². The summed E-state index contributed by atoms with van der Waals surface area (Å²) < 4.78 is 1.24. The minimum Gasteiger partial charge on any atom is -0.328 e. The number of halogens is 1. The molecule has 0 saturated carbocycles. The SMILES string of the molecule is Cc1csc(C[C@@H](C)N)c1Br. The third kappa shape index (κ3) is 2.29. The van der Waals surface area contributed by atoms with Crippen LogP contribution in [0.15, 0.2) is 9.85 Å². The molecule has 0 aliphatic heterocycles. The molecule has 1 atom stereocenters. The molecule has 1 heterocycles. The molecule has 1 aromatic rings. The summed E-state index contributed by atoms with van der Waals surface area (Å²) in [5.41, 5.74) is 7.00. The normalized spacial score (nSPS) is 13.5. The van der Waals surface area contributed by atoms with Crippen molar-refractivity contribution in [1.29, 1.82) is 0 Å². The van der Waals surface area contributed by atoms with E-state index in [1.807, 2.05) is 6.92 Å². The highest BCUT2D eigenvalue weighted by molar-refractivity contribution is 9.10. The highest BCUT2D eigenvalue weighted by Gasteiger charge is 2.06. The maximum absolute atomic E-state index is 5.69. The first-order valence-electron chi connectivity index (χ1n) is 3.59. The molecule has 0 saturated heterocycles. The molecule has 0 unspecified atom stereocenters. The molecule has 3 heteroatoms. The van der Waals surface area contributed by atoms with Crippen molar-refractivity contribution in [2.45, 2.75) is 26.3 Å². The molecule has 1 nitrogen and oxygen atoms in total. The van der Waals surface area contributed by atoms with Gasteiger partial charge in [-0.2, -0.15) is 0 Å². The number of hydrogen-bond donors (Lipinski definition) is 1. The van der Waals surface area contributed by atoms with Crippen LogP contribution in [0.2, 0.25) is 0 Å². The molecule has 62 valence electrons. The van der Waals surface area contributed by atoms with E-state index in [9.17, 15) is 0 Å². The first-order valence-corrected chi connectivity index (χ1v) is 5.26. The van der Waals surface area contributed by atoms with Gasteiger partial charge in [-0.15, -0.1) is 11.3 Å². The molecule has 0 fully saturated rings. The summed E-state index contributed by atoms with van der Waals surface area (Å²) in [5, 5.41) is 2.15. The molecule has 1 rings (SSSR count). The Balaban J connectivity index is 2.79. The van der Waals surface area contributed by atoms with Crippen LogP contribution in [0.4, 0.5) is 0 Å². The Morgan fingerprint density at radius 1 is 1.73 bits per heavy atom. The Morgan fingerprint density at radius 3 is 2.73 bits per heavy atom. The van der Waals surface area contributed by atoms with Crippen molar-refractivity contribution in [3.8, 4) is 0 Å². The summed E-state index contributed by atoms with van der Waals surface area (Å²) in [7, 11) is 0. The Labute approximate surface area is 79.7 Å². The largest absolute Gasteiger partial charge is 0.328 e. The molecule has 0 radical (unpaired) electrons. The van der Waals surface area contributed by atoms with Gasteiger partial charge in [0.2, 0.25) is 0 Å². The van der Waals surface area contributed by atoms with Gasteiger partial charge in [-0.1, -0.05) is 0 Å². The fourth-order valence-corrected chi connectivity index (χ4v) is 2.68. The van der Waals surface area contributed by atoms with Gasteiger partial charge < -0.3 is 5.73 Å². The van der Waals surface area contributed by atoms with Crippen LogP contribution in [0.5, 0.6) is 0 Å². The lowest BCUT2D eigenvalue weighted by Gasteiger charge is -2.02. The lowest BCUT2D eigenvalue weighted by Crippen LogP contribution is -2.17. The fourth-order valence-electron chi connectivity index (χ4n) is 0.913. The van der Waals surface area contributed by atoms with Crippen LogP contribution in [0, 0.1) is 6.92 Å². The number of rotatable bonds is 2. The summed E-state index contributed by atoms with van der Waals surface area (Å²) in [5.74, 6) is 0. The van der Waals surface area contributed by atoms with E-state index in [0.717, 1.165) is 6.42 Å². The van der Waals surface area contributed by atoms with E-state index in [1.54, 1.807) is 11.3 Å². The van der Waals surface area contributed by atoms with E-state index >= 15 is 0 Å². The molecular weight excluding hydrogens is 222 g/mol. The van der Waals surface area contributed by atoms with Gasteiger partial charge in [0.15, 0.2) is 0 Å². The van der Waals surface area contributed by atoms with Crippen LogP contribution < -0.4 is 5.73 Å². The highest BCUT2D eigenvalue weighted by atomic mass is 79.9. The van der Waals surface area contributed by atoms with Crippen molar-refractivity contribution < 1.29 is 0 Å². The lowest BCUT2D eigenvalue weighted by molar-refractivity contribution is 0.744. The lowest BCUT2D eigenvalue weighted by atomic mass is 10.2. The Kier molecular flexibility index (Phi) is 3.10. The molecule has 0 aliphatic carbocycles. The van der Waals surface area contributed by atoms with Crippen molar-refractivity contribution in [3.05, 3.63) is 20.3 Å². The van der Waals surface area contributed by atoms with Crippen LogP contribution in [0.1, 0.15) is 17.4 Å². The summed E-state index contributed by atoms with van der Waals surface area (Å²) in [6.07, 6.45) is 0.971. The molecule has 0 amide bonds. The van der Waals surface area contributed by atoms with Crippen molar-refractivity contribution in [1.82, 2.24) is 0 Å². The van der Waals surface area contributed by atoms with E-state index in [2.05, 4.69) is 28.2 Å². The zero-order valence-electron chi connectivity index (χ0n) is 6.73. The number of thiophene rings is 1. The highest BCUT2D eigenvalue weighted by Crippen LogP contribution is 2.28. The summed E-state index contributed by atoms with van der Waals surface area (Å²) in [6.45, 7) is 4.13. The average molecular weight is 234 g/mol. The molecule has 0 aromatic carbocycles. The van der Waals surface area contributed by atoms with Crippen LogP contribution in [0.25, 0.3) is 0 Å². The van der Waals surface area contributed by atoms with E-state index in [0.29, 0.717) is 0 Å². The average Bonchev–Trinajstić information content (AvgIpc) is 2.18. The van der Waals surface area contributed by atoms with Crippen molar-refractivity contribution in [2.24, 2.45) is 5.73 Å². The van der Waals surface area contributed by atoms with E-state index < -0.39 is 0 Å². The quantitative estimate of drug-likeness (QED) is 0.836. The minimum atomic E-state index is 0.254. The minimum absolute atomic E-state index is 0.254. The Bertz CT molecular complexity index is 242. The van der Waals surface area contributed by atoms with Gasteiger partial charge in [-0.3, -0.25) is 0 Å². The third-order valence-corrected chi connectivity index (χ3v) is 3.97. The Morgan fingerprint density at radius 2 is 2.36 bits per heavy atom. The third-order valence-electron chi connectivity index (χ3n) is 1.48. The van der Waals surface area contributed by atoms with Gasteiger partial charge in [0.1, 0.15) is 0 Å². The van der Waals surface area contributed by atoms with Gasteiger partial charge >= 0.3 is 0 Å². The monoisotopic (exact) mass is 233 g/mol. The molecule has 11 heavy (non-hydrogen) atoms. The second kappa shape index (κ2) is 3.70. The fraction of sp³-hybridized carbons (Fsp3) is 0.500. The maximum Gasteiger partial charge on any atom is 0.0344 e. The van der Waals surface area contributed by atoms with E-state index in [1.165, 1.54) is 14.9 Å². The summed E-state index contributed by atoms with van der Waals surface area (Å²) in [6, 6.07) is 0.254. The zero-order chi connectivity index (χ0) is 8.43. The molecule has 0 bridgehead atoms. The molecule has 0 aliphatic rings. The number of aryl methyl sites for hydroxylation is 1. The van der Waals surface area contributed by atoms with E-state index in [4.69, 9.17) is 5.73 Å². The molecule has 1 aromatic heterocycles. The van der Waals surface area contributed by atoms with Crippen LogP contribution in [-0.4, -0.2) is 6.04 Å².